The van der Waals surface area contributed by atoms with Crippen LogP contribution in [0.2, 0.25) is 10.0 Å². The normalized spacial score (nSPS) is 14.4. The van der Waals surface area contributed by atoms with Gasteiger partial charge in [0.25, 0.3) is 0 Å². The standard InChI is InChI=1S/C21H25Cl2N3O/c1-25(15-20(27)24-21-17(22)9-7-10-18(21)23)14-16-8-3-4-11-19(16)26-12-5-2-6-13-26/h3-4,7-11H,2,5-6,12-15H2,1H3,(H,24,27). The maximum atomic E-state index is 12.4. The predicted octanol–water partition coefficient (Wildman–Crippen LogP) is 5.05. The molecule has 144 valence electrons. The van der Waals surface area contributed by atoms with E-state index >= 15 is 0 Å². The Hall–Kier alpha value is -1.75. The maximum Gasteiger partial charge on any atom is 0.238 e. The molecule has 1 amide bonds. The summed E-state index contributed by atoms with van der Waals surface area (Å²) in [5.41, 5.74) is 2.98. The number of halogens is 2. The van der Waals surface area contributed by atoms with Gasteiger partial charge in [0.05, 0.1) is 22.3 Å². The van der Waals surface area contributed by atoms with E-state index in [1.165, 1.54) is 30.5 Å². The quantitative estimate of drug-likeness (QED) is 0.729. The Morgan fingerprint density at radius 3 is 2.41 bits per heavy atom. The topological polar surface area (TPSA) is 35.6 Å². The van der Waals surface area contributed by atoms with Gasteiger partial charge in [-0.1, -0.05) is 47.5 Å². The minimum absolute atomic E-state index is 0.136. The van der Waals surface area contributed by atoms with Crippen LogP contribution in [0.4, 0.5) is 11.4 Å². The van der Waals surface area contributed by atoms with Gasteiger partial charge in [-0.25, -0.2) is 0 Å². The zero-order valence-corrected chi connectivity index (χ0v) is 17.1. The van der Waals surface area contributed by atoms with Gasteiger partial charge in [0, 0.05) is 25.3 Å². The lowest BCUT2D eigenvalue weighted by molar-refractivity contribution is -0.117. The molecule has 27 heavy (non-hydrogen) atoms. The Morgan fingerprint density at radius 2 is 1.70 bits per heavy atom. The molecule has 0 radical (unpaired) electrons. The van der Waals surface area contributed by atoms with Gasteiger partial charge < -0.3 is 10.2 Å². The summed E-state index contributed by atoms with van der Waals surface area (Å²) in [5, 5.41) is 3.70. The first-order chi connectivity index (χ1) is 13.0. The fourth-order valence-corrected chi connectivity index (χ4v) is 3.97. The van der Waals surface area contributed by atoms with Crippen molar-refractivity contribution in [3.63, 3.8) is 0 Å². The van der Waals surface area contributed by atoms with Gasteiger partial charge in [0.1, 0.15) is 0 Å². The van der Waals surface area contributed by atoms with Gasteiger partial charge in [-0.3, -0.25) is 9.69 Å². The minimum atomic E-state index is -0.136. The lowest BCUT2D eigenvalue weighted by atomic mass is 10.1. The number of hydrogen-bond acceptors (Lipinski definition) is 3. The first-order valence-electron chi connectivity index (χ1n) is 9.30. The highest BCUT2D eigenvalue weighted by molar-refractivity contribution is 6.39. The summed E-state index contributed by atoms with van der Waals surface area (Å²) in [4.78, 5) is 16.9. The number of piperidine rings is 1. The van der Waals surface area contributed by atoms with Crippen LogP contribution in [0.25, 0.3) is 0 Å². The molecule has 2 aromatic rings. The summed E-state index contributed by atoms with van der Waals surface area (Å²) in [6.45, 7) is 3.17. The van der Waals surface area contributed by atoms with Gasteiger partial charge >= 0.3 is 0 Å². The summed E-state index contributed by atoms with van der Waals surface area (Å²) in [6.07, 6.45) is 3.79. The van der Waals surface area contributed by atoms with E-state index in [9.17, 15) is 4.79 Å². The second kappa shape index (κ2) is 9.45. The van der Waals surface area contributed by atoms with E-state index in [-0.39, 0.29) is 12.5 Å². The fourth-order valence-electron chi connectivity index (χ4n) is 3.48. The molecule has 0 spiro atoms. The van der Waals surface area contributed by atoms with E-state index in [0.29, 0.717) is 22.3 Å². The predicted molar refractivity (Wildman–Crippen MR) is 114 cm³/mol. The van der Waals surface area contributed by atoms with E-state index < -0.39 is 0 Å². The molecule has 0 unspecified atom stereocenters. The van der Waals surface area contributed by atoms with E-state index in [1.807, 2.05) is 11.9 Å². The number of carbonyl (C=O) groups excluding carboxylic acids is 1. The molecule has 1 N–H and O–H groups in total. The van der Waals surface area contributed by atoms with Crippen LogP contribution in [0.3, 0.4) is 0 Å². The van der Waals surface area contributed by atoms with Crippen molar-refractivity contribution in [2.24, 2.45) is 0 Å². The Bertz CT molecular complexity index is 770. The smallest absolute Gasteiger partial charge is 0.238 e. The number of para-hydroxylation sites is 2. The van der Waals surface area contributed by atoms with Crippen LogP contribution in [0.1, 0.15) is 24.8 Å². The summed E-state index contributed by atoms with van der Waals surface area (Å²) >= 11 is 12.3. The number of carbonyl (C=O) groups is 1. The van der Waals surface area contributed by atoms with Crippen molar-refractivity contribution in [2.45, 2.75) is 25.8 Å². The van der Waals surface area contributed by atoms with Crippen LogP contribution in [-0.4, -0.2) is 37.5 Å². The molecular formula is C21H25Cl2N3O. The van der Waals surface area contributed by atoms with E-state index in [4.69, 9.17) is 23.2 Å². The number of anilines is 2. The largest absolute Gasteiger partial charge is 0.371 e. The average Bonchev–Trinajstić information content (AvgIpc) is 2.66. The second-order valence-electron chi connectivity index (χ2n) is 6.99. The lowest BCUT2D eigenvalue weighted by Crippen LogP contribution is -2.33. The fraction of sp³-hybridized carbons (Fsp3) is 0.381. The third kappa shape index (κ3) is 5.38. The third-order valence-electron chi connectivity index (χ3n) is 4.77. The summed E-state index contributed by atoms with van der Waals surface area (Å²) in [6, 6.07) is 13.6. The van der Waals surface area contributed by atoms with Crippen molar-refractivity contribution in [2.75, 3.05) is 36.9 Å². The lowest BCUT2D eigenvalue weighted by Gasteiger charge is -2.31. The van der Waals surface area contributed by atoms with Gasteiger partial charge in [0.15, 0.2) is 0 Å². The van der Waals surface area contributed by atoms with Crippen LogP contribution in [0, 0.1) is 0 Å². The molecule has 6 heteroatoms. The molecular weight excluding hydrogens is 381 g/mol. The highest BCUT2D eigenvalue weighted by atomic mass is 35.5. The Balaban J connectivity index is 1.62. The van der Waals surface area contributed by atoms with Gasteiger partial charge in [-0.2, -0.15) is 0 Å². The maximum absolute atomic E-state index is 12.4. The molecule has 1 aliphatic heterocycles. The zero-order valence-electron chi connectivity index (χ0n) is 15.5. The Labute approximate surface area is 171 Å². The summed E-state index contributed by atoms with van der Waals surface area (Å²) in [5.74, 6) is -0.136. The Morgan fingerprint density at radius 1 is 1.04 bits per heavy atom. The molecule has 1 heterocycles. The van der Waals surface area contributed by atoms with E-state index in [0.717, 1.165) is 13.1 Å². The molecule has 0 saturated carbocycles. The molecule has 2 aromatic carbocycles. The van der Waals surface area contributed by atoms with E-state index in [1.54, 1.807) is 18.2 Å². The number of nitrogens with one attached hydrogen (secondary N) is 1. The van der Waals surface area contributed by atoms with Crippen molar-refractivity contribution in [1.82, 2.24) is 4.90 Å². The average molecular weight is 406 g/mol. The number of nitrogens with zero attached hydrogens (tertiary/aromatic N) is 2. The van der Waals surface area contributed by atoms with Crippen molar-refractivity contribution >= 4 is 40.5 Å². The molecule has 3 rings (SSSR count). The van der Waals surface area contributed by atoms with Crippen LogP contribution in [0.5, 0.6) is 0 Å². The zero-order chi connectivity index (χ0) is 19.2. The van der Waals surface area contributed by atoms with Crippen molar-refractivity contribution in [3.05, 3.63) is 58.1 Å². The first kappa shape index (κ1) is 20.0. The molecule has 0 aromatic heterocycles. The number of hydrogen-bond donors (Lipinski definition) is 1. The summed E-state index contributed by atoms with van der Waals surface area (Å²) in [7, 11) is 1.95. The van der Waals surface area contributed by atoms with Crippen molar-refractivity contribution in [1.29, 1.82) is 0 Å². The van der Waals surface area contributed by atoms with Crippen LogP contribution < -0.4 is 10.2 Å². The van der Waals surface area contributed by atoms with E-state index in [2.05, 4.69) is 34.5 Å². The monoisotopic (exact) mass is 405 g/mol. The molecule has 1 saturated heterocycles. The van der Waals surface area contributed by atoms with Crippen LogP contribution >= 0.6 is 23.2 Å². The molecule has 1 aliphatic rings. The number of likely N-dealkylation sites (N-methyl/N-ethyl adjacent to an activating group) is 1. The first-order valence-corrected chi connectivity index (χ1v) is 10.1. The number of benzene rings is 2. The highest BCUT2D eigenvalue weighted by Crippen LogP contribution is 2.30. The molecule has 0 aliphatic carbocycles. The Kier molecular flexibility index (Phi) is 7.00. The van der Waals surface area contributed by atoms with Gasteiger partial charge in [-0.05, 0) is 50.1 Å². The van der Waals surface area contributed by atoms with Crippen LogP contribution in [-0.2, 0) is 11.3 Å². The molecule has 4 nitrogen and oxygen atoms in total. The van der Waals surface area contributed by atoms with Gasteiger partial charge in [0.2, 0.25) is 5.91 Å². The highest BCUT2D eigenvalue weighted by Gasteiger charge is 2.16. The van der Waals surface area contributed by atoms with Crippen LogP contribution in [0.15, 0.2) is 42.5 Å². The second-order valence-corrected chi connectivity index (χ2v) is 7.81. The minimum Gasteiger partial charge on any atom is -0.371 e. The molecule has 0 bridgehead atoms. The summed E-state index contributed by atoms with van der Waals surface area (Å²) < 4.78 is 0. The number of rotatable bonds is 6. The SMILES string of the molecule is CN(CC(=O)Nc1c(Cl)cccc1Cl)Cc1ccccc1N1CCCCC1. The van der Waals surface area contributed by atoms with Crippen molar-refractivity contribution < 1.29 is 4.79 Å². The molecule has 1 fully saturated rings. The number of amides is 1. The van der Waals surface area contributed by atoms with Crippen molar-refractivity contribution in [3.8, 4) is 0 Å². The third-order valence-corrected chi connectivity index (χ3v) is 5.40. The molecule has 0 atom stereocenters. The van der Waals surface area contributed by atoms with Gasteiger partial charge in [-0.15, -0.1) is 0 Å².